The zero-order valence-corrected chi connectivity index (χ0v) is 12.8. The van der Waals surface area contributed by atoms with E-state index < -0.39 is 0 Å². The Hall–Kier alpha value is -2.23. The number of benzene rings is 1. The summed E-state index contributed by atoms with van der Waals surface area (Å²) in [6.45, 7) is 2.95. The van der Waals surface area contributed by atoms with Crippen molar-refractivity contribution in [1.82, 2.24) is 9.88 Å². The van der Waals surface area contributed by atoms with Crippen molar-refractivity contribution in [3.8, 4) is 6.07 Å². The maximum absolute atomic E-state index is 12.0. The molecule has 0 saturated heterocycles. The van der Waals surface area contributed by atoms with Gasteiger partial charge in [0.25, 0.3) is 0 Å². The molecule has 108 valence electrons. The highest BCUT2D eigenvalue weighted by Gasteiger charge is 2.10. The average molecular weight is 300 g/mol. The minimum Gasteiger partial charge on any atom is -0.325 e. The van der Waals surface area contributed by atoms with Crippen LogP contribution in [0.25, 0.3) is 0 Å². The number of aromatic nitrogens is 1. The Morgan fingerprint density at radius 3 is 3.00 bits per heavy atom. The first kappa shape index (κ1) is 15.2. The Morgan fingerprint density at radius 1 is 1.52 bits per heavy atom. The molecule has 0 aliphatic heterocycles. The number of hydrogen-bond donors (Lipinski definition) is 1. The molecule has 0 fully saturated rings. The minimum atomic E-state index is -0.102. The van der Waals surface area contributed by atoms with Crippen LogP contribution in [-0.4, -0.2) is 29.4 Å². The van der Waals surface area contributed by atoms with Crippen molar-refractivity contribution < 1.29 is 4.79 Å². The number of nitrogens with one attached hydrogen (secondary N) is 1. The highest BCUT2D eigenvalue weighted by molar-refractivity contribution is 7.09. The van der Waals surface area contributed by atoms with Crippen LogP contribution in [0.5, 0.6) is 0 Å². The van der Waals surface area contributed by atoms with Crippen LogP contribution in [0, 0.1) is 18.3 Å². The molecule has 21 heavy (non-hydrogen) atoms. The van der Waals surface area contributed by atoms with Crippen molar-refractivity contribution >= 4 is 22.9 Å². The number of carbonyl (C=O) groups is 1. The summed E-state index contributed by atoms with van der Waals surface area (Å²) in [7, 11) is 1.89. The smallest absolute Gasteiger partial charge is 0.238 e. The largest absolute Gasteiger partial charge is 0.325 e. The molecule has 0 bridgehead atoms. The van der Waals surface area contributed by atoms with Crippen LogP contribution in [0.15, 0.2) is 29.8 Å². The summed E-state index contributed by atoms with van der Waals surface area (Å²) < 4.78 is 0. The predicted octanol–water partition coefficient (Wildman–Crippen LogP) is 2.39. The topological polar surface area (TPSA) is 69.0 Å². The maximum Gasteiger partial charge on any atom is 0.238 e. The standard InChI is InChI=1S/C15H16N4OS/c1-11-14(21-10-17-11)8-19(2)9-15(20)18-13-5-3-4-12(6-13)7-16/h3-6,10H,8-9H2,1-2H3,(H,18,20). The second kappa shape index (κ2) is 6.97. The number of carbonyl (C=O) groups excluding carboxylic acids is 1. The molecular weight excluding hydrogens is 284 g/mol. The zero-order valence-electron chi connectivity index (χ0n) is 12.0. The van der Waals surface area contributed by atoms with E-state index in [1.54, 1.807) is 35.6 Å². The van der Waals surface area contributed by atoms with Gasteiger partial charge in [-0.2, -0.15) is 5.26 Å². The van der Waals surface area contributed by atoms with E-state index in [-0.39, 0.29) is 12.5 Å². The molecule has 0 radical (unpaired) electrons. The fourth-order valence-corrected chi connectivity index (χ4v) is 2.75. The molecule has 5 nitrogen and oxygen atoms in total. The number of nitriles is 1. The highest BCUT2D eigenvalue weighted by atomic mass is 32.1. The number of amides is 1. The van der Waals surface area contributed by atoms with Gasteiger partial charge in [0.2, 0.25) is 5.91 Å². The van der Waals surface area contributed by atoms with Crippen LogP contribution in [0.1, 0.15) is 16.1 Å². The van der Waals surface area contributed by atoms with E-state index in [1.165, 1.54) is 0 Å². The molecule has 1 aromatic heterocycles. The summed E-state index contributed by atoms with van der Waals surface area (Å²) >= 11 is 1.59. The van der Waals surface area contributed by atoms with E-state index in [1.807, 2.05) is 24.4 Å². The van der Waals surface area contributed by atoms with Gasteiger partial charge < -0.3 is 5.32 Å². The summed E-state index contributed by atoms with van der Waals surface area (Å²) in [5.74, 6) is -0.102. The Kier molecular flexibility index (Phi) is 5.04. The molecular formula is C15H16N4OS. The molecule has 0 atom stereocenters. The van der Waals surface area contributed by atoms with Crippen LogP contribution in [0.3, 0.4) is 0 Å². The Balaban J connectivity index is 1.89. The molecule has 0 spiro atoms. The predicted molar refractivity (Wildman–Crippen MR) is 83.0 cm³/mol. The van der Waals surface area contributed by atoms with Gasteiger partial charge in [0, 0.05) is 17.1 Å². The second-order valence-corrected chi connectivity index (χ2v) is 5.71. The molecule has 0 saturated carbocycles. The number of hydrogen-bond acceptors (Lipinski definition) is 5. The number of anilines is 1. The fourth-order valence-electron chi connectivity index (χ4n) is 1.89. The van der Waals surface area contributed by atoms with Crippen molar-refractivity contribution in [2.75, 3.05) is 18.9 Å². The quantitative estimate of drug-likeness (QED) is 0.920. The SMILES string of the molecule is Cc1ncsc1CN(C)CC(=O)Nc1cccc(C#N)c1. The van der Waals surface area contributed by atoms with Gasteiger partial charge >= 0.3 is 0 Å². The van der Waals surface area contributed by atoms with Gasteiger partial charge in [-0.1, -0.05) is 6.07 Å². The number of rotatable bonds is 5. The molecule has 6 heteroatoms. The third-order valence-corrected chi connectivity index (χ3v) is 3.87. The van der Waals surface area contributed by atoms with Gasteiger partial charge in [-0.15, -0.1) is 11.3 Å². The summed E-state index contributed by atoms with van der Waals surface area (Å²) in [6, 6.07) is 8.93. The fraction of sp³-hybridized carbons (Fsp3) is 0.267. The molecule has 1 heterocycles. The van der Waals surface area contributed by atoms with Crippen LogP contribution in [0.2, 0.25) is 0 Å². The van der Waals surface area contributed by atoms with Crippen molar-refractivity contribution in [2.45, 2.75) is 13.5 Å². The molecule has 0 unspecified atom stereocenters. The van der Waals surface area contributed by atoms with E-state index in [2.05, 4.69) is 16.4 Å². The summed E-state index contributed by atoms with van der Waals surface area (Å²) in [5, 5.41) is 11.6. The summed E-state index contributed by atoms with van der Waals surface area (Å²) in [6.07, 6.45) is 0. The van der Waals surface area contributed by atoms with E-state index >= 15 is 0 Å². The summed E-state index contributed by atoms with van der Waals surface area (Å²) in [4.78, 5) is 19.3. The molecule has 2 rings (SSSR count). The van der Waals surface area contributed by atoms with E-state index in [0.717, 1.165) is 10.6 Å². The zero-order chi connectivity index (χ0) is 15.2. The van der Waals surface area contributed by atoms with Crippen LogP contribution >= 0.6 is 11.3 Å². The summed E-state index contributed by atoms with van der Waals surface area (Å²) in [5.41, 5.74) is 3.99. The first-order valence-corrected chi connectivity index (χ1v) is 7.34. The normalized spacial score (nSPS) is 10.4. The van der Waals surface area contributed by atoms with Crippen molar-refractivity contribution in [3.05, 3.63) is 45.9 Å². The second-order valence-electron chi connectivity index (χ2n) is 4.77. The van der Waals surface area contributed by atoms with E-state index in [9.17, 15) is 4.79 Å². The molecule has 2 aromatic rings. The Bertz CT molecular complexity index is 674. The minimum absolute atomic E-state index is 0.102. The number of likely N-dealkylation sites (N-methyl/N-ethyl adjacent to an activating group) is 1. The third kappa shape index (κ3) is 4.38. The van der Waals surface area contributed by atoms with Gasteiger partial charge in [-0.25, -0.2) is 4.98 Å². The van der Waals surface area contributed by atoms with Crippen LogP contribution in [0.4, 0.5) is 5.69 Å². The van der Waals surface area contributed by atoms with Crippen molar-refractivity contribution in [3.63, 3.8) is 0 Å². The third-order valence-electron chi connectivity index (χ3n) is 2.95. The Labute approximate surface area is 127 Å². The van der Waals surface area contributed by atoms with Crippen molar-refractivity contribution in [2.24, 2.45) is 0 Å². The van der Waals surface area contributed by atoms with Crippen molar-refractivity contribution in [1.29, 1.82) is 5.26 Å². The van der Waals surface area contributed by atoms with Gasteiger partial charge in [0.15, 0.2) is 0 Å². The lowest BCUT2D eigenvalue weighted by molar-refractivity contribution is -0.117. The van der Waals surface area contributed by atoms with Gasteiger partial charge in [-0.05, 0) is 32.2 Å². The molecule has 1 amide bonds. The van der Waals surface area contributed by atoms with Crippen LogP contribution < -0.4 is 5.32 Å². The lowest BCUT2D eigenvalue weighted by Gasteiger charge is -2.15. The van der Waals surface area contributed by atoms with Gasteiger partial charge in [0.05, 0.1) is 29.4 Å². The first-order valence-electron chi connectivity index (χ1n) is 6.46. The number of thiazole rings is 1. The first-order chi connectivity index (χ1) is 10.1. The monoisotopic (exact) mass is 300 g/mol. The van der Waals surface area contributed by atoms with Gasteiger partial charge in [0.1, 0.15) is 0 Å². The Morgan fingerprint density at radius 2 is 2.33 bits per heavy atom. The van der Waals surface area contributed by atoms with Crippen LogP contribution in [-0.2, 0) is 11.3 Å². The number of nitrogens with zero attached hydrogens (tertiary/aromatic N) is 3. The van der Waals surface area contributed by atoms with E-state index in [4.69, 9.17) is 5.26 Å². The molecule has 1 N–H and O–H groups in total. The number of aryl methyl sites for hydroxylation is 1. The van der Waals surface area contributed by atoms with Gasteiger partial charge in [-0.3, -0.25) is 9.69 Å². The molecule has 1 aromatic carbocycles. The lowest BCUT2D eigenvalue weighted by Crippen LogP contribution is -2.29. The molecule has 0 aliphatic carbocycles. The maximum atomic E-state index is 12.0. The molecule has 0 aliphatic rings. The van der Waals surface area contributed by atoms with E-state index in [0.29, 0.717) is 17.8 Å². The average Bonchev–Trinajstić information content (AvgIpc) is 2.84. The lowest BCUT2D eigenvalue weighted by atomic mass is 10.2. The highest BCUT2D eigenvalue weighted by Crippen LogP contribution is 2.14.